The molecule has 0 saturated heterocycles. The summed E-state index contributed by atoms with van der Waals surface area (Å²) in [5.74, 6) is 2.32. The number of rotatable bonds is 7. The van der Waals surface area contributed by atoms with Crippen molar-refractivity contribution in [1.82, 2.24) is 5.32 Å². The minimum atomic E-state index is 0.654. The van der Waals surface area contributed by atoms with Crippen LogP contribution in [0.1, 0.15) is 26.3 Å². The van der Waals surface area contributed by atoms with E-state index in [0.29, 0.717) is 5.92 Å². The van der Waals surface area contributed by atoms with E-state index >= 15 is 0 Å². The molecule has 0 radical (unpaired) electrons. The Bertz CT molecular complexity index is 322. The highest BCUT2D eigenvalue weighted by Crippen LogP contribution is 2.15. The van der Waals surface area contributed by atoms with E-state index < -0.39 is 0 Å². The van der Waals surface area contributed by atoms with Gasteiger partial charge in [0.15, 0.2) is 0 Å². The first kappa shape index (κ1) is 14.0. The number of hydrogen-bond acceptors (Lipinski definition) is 2. The van der Waals surface area contributed by atoms with Crippen LogP contribution in [0, 0.1) is 11.8 Å². The average Bonchev–Trinajstić information content (AvgIpc) is 2.28. The van der Waals surface area contributed by atoms with Crippen LogP contribution in [0.2, 0.25) is 0 Å². The third-order valence-electron chi connectivity index (χ3n) is 2.76. The van der Waals surface area contributed by atoms with Crippen LogP contribution in [0.25, 0.3) is 0 Å². The summed E-state index contributed by atoms with van der Waals surface area (Å²) in [5.41, 5.74) is 1.35. The van der Waals surface area contributed by atoms with E-state index in [0.717, 1.165) is 31.2 Å². The van der Waals surface area contributed by atoms with Crippen LogP contribution in [0.4, 0.5) is 0 Å². The van der Waals surface area contributed by atoms with Crippen molar-refractivity contribution in [3.63, 3.8) is 0 Å². The van der Waals surface area contributed by atoms with Crippen molar-refractivity contribution in [1.29, 1.82) is 0 Å². The van der Waals surface area contributed by atoms with Gasteiger partial charge in [-0.3, -0.25) is 0 Å². The fourth-order valence-corrected chi connectivity index (χ4v) is 1.89. The van der Waals surface area contributed by atoms with Crippen LogP contribution in [0.3, 0.4) is 0 Å². The van der Waals surface area contributed by atoms with E-state index in [2.05, 4.69) is 44.3 Å². The SMILES string of the molecule is COc1cccc(CC(C)CNCC(C)C)c1. The molecule has 96 valence electrons. The quantitative estimate of drug-likeness (QED) is 0.784. The molecular weight excluding hydrogens is 210 g/mol. The van der Waals surface area contributed by atoms with Crippen LogP contribution in [0.15, 0.2) is 24.3 Å². The molecule has 0 spiro atoms. The van der Waals surface area contributed by atoms with Crippen molar-refractivity contribution in [2.45, 2.75) is 27.2 Å². The summed E-state index contributed by atoms with van der Waals surface area (Å²) in [5, 5.41) is 3.50. The minimum Gasteiger partial charge on any atom is -0.497 e. The predicted molar refractivity (Wildman–Crippen MR) is 73.6 cm³/mol. The van der Waals surface area contributed by atoms with Crippen LogP contribution >= 0.6 is 0 Å². The smallest absolute Gasteiger partial charge is 0.119 e. The maximum Gasteiger partial charge on any atom is 0.119 e. The maximum absolute atomic E-state index is 5.23. The zero-order valence-corrected chi connectivity index (χ0v) is 11.5. The molecule has 0 amide bonds. The van der Waals surface area contributed by atoms with Crippen LogP contribution < -0.4 is 10.1 Å². The molecule has 1 unspecified atom stereocenters. The largest absolute Gasteiger partial charge is 0.497 e. The van der Waals surface area contributed by atoms with E-state index in [1.165, 1.54) is 5.56 Å². The van der Waals surface area contributed by atoms with Gasteiger partial charge in [0.25, 0.3) is 0 Å². The van der Waals surface area contributed by atoms with Gasteiger partial charge in [0.2, 0.25) is 0 Å². The maximum atomic E-state index is 5.23. The van der Waals surface area contributed by atoms with Crippen molar-refractivity contribution in [2.24, 2.45) is 11.8 Å². The predicted octanol–water partition coefficient (Wildman–Crippen LogP) is 3.12. The Morgan fingerprint density at radius 1 is 1.18 bits per heavy atom. The molecule has 1 rings (SSSR count). The first-order valence-corrected chi connectivity index (χ1v) is 6.45. The number of ether oxygens (including phenoxy) is 1. The fourth-order valence-electron chi connectivity index (χ4n) is 1.89. The Kier molecular flexibility index (Phi) is 6.06. The number of methoxy groups -OCH3 is 1. The summed E-state index contributed by atoms with van der Waals surface area (Å²) in [4.78, 5) is 0. The second kappa shape index (κ2) is 7.33. The first-order valence-electron chi connectivity index (χ1n) is 6.45. The van der Waals surface area contributed by atoms with E-state index in [1.54, 1.807) is 7.11 Å². The van der Waals surface area contributed by atoms with Crippen LogP contribution in [0.5, 0.6) is 5.75 Å². The molecule has 1 N–H and O–H groups in total. The van der Waals surface area contributed by atoms with Gasteiger partial charge in [-0.1, -0.05) is 32.9 Å². The highest BCUT2D eigenvalue weighted by atomic mass is 16.5. The third kappa shape index (κ3) is 5.73. The Labute approximate surface area is 105 Å². The lowest BCUT2D eigenvalue weighted by atomic mass is 10.0. The van der Waals surface area contributed by atoms with Crippen LogP contribution in [-0.4, -0.2) is 20.2 Å². The topological polar surface area (TPSA) is 21.3 Å². The van der Waals surface area contributed by atoms with Gasteiger partial charge in [0, 0.05) is 0 Å². The summed E-state index contributed by atoms with van der Waals surface area (Å²) in [7, 11) is 1.72. The summed E-state index contributed by atoms with van der Waals surface area (Å²) < 4.78 is 5.23. The summed E-state index contributed by atoms with van der Waals surface area (Å²) >= 11 is 0. The molecule has 0 aromatic heterocycles. The van der Waals surface area contributed by atoms with Gasteiger partial charge in [-0.05, 0) is 49.0 Å². The fraction of sp³-hybridized carbons (Fsp3) is 0.600. The van der Waals surface area contributed by atoms with Gasteiger partial charge in [-0.25, -0.2) is 0 Å². The van der Waals surface area contributed by atoms with Crippen molar-refractivity contribution in [2.75, 3.05) is 20.2 Å². The first-order chi connectivity index (χ1) is 8.11. The zero-order valence-electron chi connectivity index (χ0n) is 11.5. The van der Waals surface area contributed by atoms with Gasteiger partial charge in [0.1, 0.15) is 5.75 Å². The monoisotopic (exact) mass is 235 g/mol. The highest BCUT2D eigenvalue weighted by Gasteiger charge is 2.04. The molecule has 0 aliphatic heterocycles. The zero-order chi connectivity index (χ0) is 12.7. The summed E-state index contributed by atoms with van der Waals surface area (Å²) in [6.07, 6.45) is 1.10. The Balaban J connectivity index is 2.36. The number of nitrogens with one attached hydrogen (secondary N) is 1. The molecule has 2 heteroatoms. The molecule has 0 aliphatic rings. The Hall–Kier alpha value is -1.02. The second-order valence-corrected chi connectivity index (χ2v) is 5.21. The molecule has 1 aromatic carbocycles. The van der Waals surface area contributed by atoms with E-state index in [4.69, 9.17) is 4.74 Å². The number of hydrogen-bond donors (Lipinski definition) is 1. The van der Waals surface area contributed by atoms with Crippen LogP contribution in [-0.2, 0) is 6.42 Å². The lowest BCUT2D eigenvalue weighted by molar-refractivity contribution is 0.413. The Morgan fingerprint density at radius 3 is 2.59 bits per heavy atom. The van der Waals surface area contributed by atoms with Gasteiger partial charge >= 0.3 is 0 Å². The van der Waals surface area contributed by atoms with Gasteiger partial charge in [-0.15, -0.1) is 0 Å². The second-order valence-electron chi connectivity index (χ2n) is 5.21. The summed E-state index contributed by atoms with van der Waals surface area (Å²) in [6, 6.07) is 8.34. The molecule has 0 aliphatic carbocycles. The molecular formula is C15H25NO. The number of benzene rings is 1. The molecule has 0 fully saturated rings. The van der Waals surface area contributed by atoms with Crippen molar-refractivity contribution < 1.29 is 4.74 Å². The molecule has 1 aromatic rings. The minimum absolute atomic E-state index is 0.654. The standard InChI is InChI=1S/C15H25NO/c1-12(2)10-16-11-13(3)8-14-6-5-7-15(9-14)17-4/h5-7,9,12-13,16H,8,10-11H2,1-4H3. The molecule has 17 heavy (non-hydrogen) atoms. The van der Waals surface area contributed by atoms with E-state index in [-0.39, 0.29) is 0 Å². The third-order valence-corrected chi connectivity index (χ3v) is 2.76. The summed E-state index contributed by atoms with van der Waals surface area (Å²) in [6.45, 7) is 8.93. The van der Waals surface area contributed by atoms with E-state index in [9.17, 15) is 0 Å². The van der Waals surface area contributed by atoms with Gasteiger partial charge in [0.05, 0.1) is 7.11 Å². The van der Waals surface area contributed by atoms with Gasteiger partial charge in [-0.2, -0.15) is 0 Å². The molecule has 0 saturated carbocycles. The van der Waals surface area contributed by atoms with Crippen molar-refractivity contribution >= 4 is 0 Å². The normalized spacial score (nSPS) is 12.8. The molecule has 0 bridgehead atoms. The molecule has 1 atom stereocenters. The van der Waals surface area contributed by atoms with Crippen molar-refractivity contribution in [3.8, 4) is 5.75 Å². The average molecular weight is 235 g/mol. The molecule has 2 nitrogen and oxygen atoms in total. The van der Waals surface area contributed by atoms with Gasteiger partial charge < -0.3 is 10.1 Å². The Morgan fingerprint density at radius 2 is 1.94 bits per heavy atom. The van der Waals surface area contributed by atoms with E-state index in [1.807, 2.05) is 6.07 Å². The molecule has 0 heterocycles. The lowest BCUT2D eigenvalue weighted by Gasteiger charge is -2.14. The lowest BCUT2D eigenvalue weighted by Crippen LogP contribution is -2.26. The highest BCUT2D eigenvalue weighted by molar-refractivity contribution is 5.28. The van der Waals surface area contributed by atoms with Crippen molar-refractivity contribution in [3.05, 3.63) is 29.8 Å².